The Morgan fingerprint density at radius 2 is 1.65 bits per heavy atom. The Labute approximate surface area is 280 Å². The molecule has 1 saturated carbocycles. The van der Waals surface area contributed by atoms with Gasteiger partial charge in [-0.3, -0.25) is 14.3 Å². The molecule has 1 atom stereocenters. The molecule has 2 saturated heterocycles. The van der Waals surface area contributed by atoms with Crippen LogP contribution in [0.2, 0.25) is 0 Å². The second-order valence-corrected chi connectivity index (χ2v) is 15.4. The predicted octanol–water partition coefficient (Wildman–Crippen LogP) is 4.90. The Kier molecular flexibility index (Phi) is 9.76. The molecule has 0 aromatic heterocycles. The zero-order chi connectivity index (χ0) is 34.1. The number of aryl methyl sites for hydroxylation is 1. The maximum Gasteiger partial charge on any atom is 0.322 e. The normalized spacial score (nSPS) is 20.3. The highest BCUT2D eigenvalue weighted by atomic mass is 32.2. The van der Waals surface area contributed by atoms with Gasteiger partial charge in [0.1, 0.15) is 24.2 Å². The molecule has 4 N–H and O–H groups in total. The average Bonchev–Trinajstić information content (AvgIpc) is 3.82. The summed E-state index contributed by atoms with van der Waals surface area (Å²) in [4.78, 5) is 29.9. The van der Waals surface area contributed by atoms with Crippen LogP contribution in [0.3, 0.4) is 0 Å². The zero-order valence-electron chi connectivity index (χ0n) is 27.4. The monoisotopic (exact) mass is 689 g/mol. The smallest absolute Gasteiger partial charge is 0.322 e. The molecule has 2 aromatic rings. The highest BCUT2D eigenvalue weighted by molar-refractivity contribution is 7.92. The Morgan fingerprint density at radius 3 is 2.33 bits per heavy atom. The first-order chi connectivity index (χ1) is 22.9. The fourth-order valence-corrected chi connectivity index (χ4v) is 7.64. The Bertz CT molecular complexity index is 1630. The van der Waals surface area contributed by atoms with Gasteiger partial charge in [-0.25, -0.2) is 17.2 Å². The van der Waals surface area contributed by atoms with Crippen LogP contribution < -0.4 is 30.3 Å². The molecule has 0 radical (unpaired) electrons. The molecule has 0 bridgehead atoms. The Balaban J connectivity index is 1.22. The molecule has 48 heavy (non-hydrogen) atoms. The second-order valence-electron chi connectivity index (χ2n) is 13.6. The van der Waals surface area contributed by atoms with Crippen molar-refractivity contribution in [3.8, 4) is 5.75 Å². The number of nitrogens with two attached hydrogens (primary N) is 1. The predicted molar refractivity (Wildman–Crippen MR) is 181 cm³/mol. The molecule has 1 aliphatic carbocycles. The summed E-state index contributed by atoms with van der Waals surface area (Å²) in [7, 11) is -3.88. The summed E-state index contributed by atoms with van der Waals surface area (Å²) in [5.41, 5.74) is 9.50. The molecule has 3 aliphatic heterocycles. The first-order valence-electron chi connectivity index (χ1n) is 16.9. The number of fused-ring (bicyclic) bond motifs is 1. The number of hydrogen-bond acceptors (Lipinski definition) is 9. The van der Waals surface area contributed by atoms with Crippen LogP contribution in [-0.2, 0) is 26.0 Å². The summed E-state index contributed by atoms with van der Waals surface area (Å²) >= 11 is 0. The standard InChI is InChI=1S/C34H45F2N5O6S/c1-2-27(37)32(43)47-18-19-48(44,45)39-24-5-6-26(28(21-24)40-13-9-33(7-8-33)10-14-40)31(42)38-25-20-23-4-3-17-46-30(23)29(22-25)41-15-11-34(35,36)12-16-41/h5-6,20-22,27,39H,2-4,7-19,37H2,1H3,(H,38,42)/t27-/m0/s1. The number of alkyl halides is 2. The van der Waals surface area contributed by atoms with Crippen molar-refractivity contribution >= 4 is 44.6 Å². The quantitative estimate of drug-likeness (QED) is 0.281. The van der Waals surface area contributed by atoms with Crippen LogP contribution in [0, 0.1) is 5.41 Å². The number of esters is 1. The first-order valence-corrected chi connectivity index (χ1v) is 18.6. The third-order valence-electron chi connectivity index (χ3n) is 10.1. The lowest BCUT2D eigenvalue weighted by atomic mass is 9.93. The highest BCUT2D eigenvalue weighted by Gasteiger charge is 2.44. The van der Waals surface area contributed by atoms with Crippen LogP contribution in [0.4, 0.5) is 31.5 Å². The van der Waals surface area contributed by atoms with Crippen molar-refractivity contribution in [3.05, 3.63) is 41.5 Å². The first kappa shape index (κ1) is 34.2. The van der Waals surface area contributed by atoms with Crippen LogP contribution in [0.5, 0.6) is 5.75 Å². The maximum absolute atomic E-state index is 14.0. The lowest BCUT2D eigenvalue weighted by Crippen LogP contribution is -2.39. The van der Waals surface area contributed by atoms with E-state index in [1.54, 1.807) is 31.2 Å². The van der Waals surface area contributed by atoms with Crippen molar-refractivity contribution in [2.45, 2.75) is 76.7 Å². The van der Waals surface area contributed by atoms with E-state index in [9.17, 15) is 26.8 Å². The summed E-state index contributed by atoms with van der Waals surface area (Å²) in [6, 6.07) is 7.71. The molecule has 2 aromatic carbocycles. The van der Waals surface area contributed by atoms with E-state index in [0.29, 0.717) is 52.5 Å². The number of carbonyl (C=O) groups is 2. The minimum atomic E-state index is -3.88. The van der Waals surface area contributed by atoms with E-state index in [0.717, 1.165) is 44.3 Å². The summed E-state index contributed by atoms with van der Waals surface area (Å²) < 4.78 is 67.3. The topological polar surface area (TPSA) is 143 Å². The van der Waals surface area contributed by atoms with E-state index in [4.69, 9.17) is 15.2 Å². The Hall–Kier alpha value is -3.65. The SMILES string of the molecule is CC[C@H](N)C(=O)OCCS(=O)(=O)Nc1ccc(C(=O)Nc2cc3c(c(N4CCC(F)(F)CC4)c2)OCCC3)c(N2CCC3(CC2)CC3)c1. The van der Waals surface area contributed by atoms with Crippen LogP contribution in [0.15, 0.2) is 30.3 Å². The van der Waals surface area contributed by atoms with Gasteiger partial charge in [-0.1, -0.05) is 6.92 Å². The summed E-state index contributed by atoms with van der Waals surface area (Å²) in [5.74, 6) is -3.47. The van der Waals surface area contributed by atoms with E-state index >= 15 is 0 Å². The van der Waals surface area contributed by atoms with E-state index in [1.807, 2.05) is 11.0 Å². The van der Waals surface area contributed by atoms with Gasteiger partial charge in [0.15, 0.2) is 0 Å². The molecule has 3 heterocycles. The number of carbonyl (C=O) groups excluding carboxylic acids is 2. The Morgan fingerprint density at radius 1 is 0.979 bits per heavy atom. The van der Waals surface area contributed by atoms with Crippen molar-refractivity contribution in [3.63, 3.8) is 0 Å². The van der Waals surface area contributed by atoms with Gasteiger partial charge in [0, 0.05) is 44.7 Å². The minimum absolute atomic E-state index is 0.187. The average molecular weight is 690 g/mol. The number of nitrogens with zero attached hydrogens (tertiary/aromatic N) is 2. The van der Waals surface area contributed by atoms with Crippen molar-refractivity contribution in [1.29, 1.82) is 0 Å². The number of ether oxygens (including phenoxy) is 2. The van der Waals surface area contributed by atoms with Crippen molar-refractivity contribution in [2.75, 3.05) is 65.0 Å². The number of amides is 1. The number of nitrogens with one attached hydrogen (secondary N) is 2. The van der Waals surface area contributed by atoms with Crippen LogP contribution in [0.25, 0.3) is 0 Å². The number of hydrogen-bond donors (Lipinski definition) is 3. The summed E-state index contributed by atoms with van der Waals surface area (Å²) in [6.07, 6.45) is 5.87. The van der Waals surface area contributed by atoms with Gasteiger partial charge in [-0.2, -0.15) is 0 Å². The van der Waals surface area contributed by atoms with Gasteiger partial charge >= 0.3 is 5.97 Å². The lowest BCUT2D eigenvalue weighted by molar-refractivity contribution is -0.144. The van der Waals surface area contributed by atoms with Gasteiger partial charge in [0.2, 0.25) is 10.0 Å². The number of anilines is 4. The molecule has 0 unspecified atom stereocenters. The number of halogens is 2. The van der Waals surface area contributed by atoms with E-state index in [2.05, 4.69) is 14.9 Å². The van der Waals surface area contributed by atoms with Crippen molar-refractivity contribution < 1.29 is 36.3 Å². The fourth-order valence-electron chi connectivity index (χ4n) is 6.75. The number of rotatable bonds is 11. The van der Waals surface area contributed by atoms with Crippen LogP contribution in [0.1, 0.15) is 74.2 Å². The lowest BCUT2D eigenvalue weighted by Gasteiger charge is -2.36. The van der Waals surface area contributed by atoms with Crippen LogP contribution in [-0.4, -0.2) is 77.4 Å². The van der Waals surface area contributed by atoms with Gasteiger partial charge in [-0.05, 0) is 86.3 Å². The molecule has 3 fully saturated rings. The van der Waals surface area contributed by atoms with Gasteiger partial charge in [0.05, 0.1) is 29.2 Å². The van der Waals surface area contributed by atoms with E-state index in [1.165, 1.54) is 12.8 Å². The third-order valence-corrected chi connectivity index (χ3v) is 11.3. The molecule has 1 spiro atoms. The zero-order valence-corrected chi connectivity index (χ0v) is 28.2. The fraction of sp³-hybridized carbons (Fsp3) is 0.588. The number of sulfonamides is 1. The molecule has 6 rings (SSSR count). The molecule has 1 amide bonds. The van der Waals surface area contributed by atoms with Gasteiger partial charge in [-0.15, -0.1) is 0 Å². The molecule has 262 valence electrons. The van der Waals surface area contributed by atoms with Crippen molar-refractivity contribution in [2.24, 2.45) is 11.1 Å². The van der Waals surface area contributed by atoms with E-state index in [-0.39, 0.29) is 38.4 Å². The molecule has 4 aliphatic rings. The highest BCUT2D eigenvalue weighted by Crippen LogP contribution is 2.54. The van der Waals surface area contributed by atoms with E-state index < -0.39 is 33.7 Å². The van der Waals surface area contributed by atoms with Gasteiger partial charge in [0.25, 0.3) is 11.8 Å². The van der Waals surface area contributed by atoms with Crippen LogP contribution >= 0.6 is 0 Å². The minimum Gasteiger partial charge on any atom is -0.491 e. The maximum atomic E-state index is 14.0. The summed E-state index contributed by atoms with van der Waals surface area (Å²) in [5, 5.41) is 3.04. The van der Waals surface area contributed by atoms with Crippen molar-refractivity contribution in [1.82, 2.24) is 0 Å². The largest absolute Gasteiger partial charge is 0.491 e. The second kappa shape index (κ2) is 13.7. The number of benzene rings is 2. The molecule has 14 heteroatoms. The molecule has 11 nitrogen and oxygen atoms in total. The molecular weight excluding hydrogens is 644 g/mol. The summed E-state index contributed by atoms with van der Waals surface area (Å²) in [6.45, 7) is 3.80. The number of piperidine rings is 2. The third kappa shape index (κ3) is 7.96. The molecular formula is C34H45F2N5O6S. The van der Waals surface area contributed by atoms with Gasteiger partial charge < -0.3 is 30.3 Å².